The lowest BCUT2D eigenvalue weighted by Gasteiger charge is -2.62. The van der Waals surface area contributed by atoms with E-state index in [4.69, 9.17) is 0 Å². The van der Waals surface area contributed by atoms with Crippen molar-refractivity contribution in [2.24, 2.45) is 74.9 Å². The molecular formula is C54H94O5. The molecule has 5 heteroatoms. The van der Waals surface area contributed by atoms with Gasteiger partial charge in [0.15, 0.2) is 0 Å². The molecule has 59 heavy (non-hydrogen) atoms. The standard InChI is InChI=1S/C27H48O3.C27H46O2/c1-5-6-7-8-13-27(4,30)24-10-9-20-19-17-23(29)22-16-18(28)11-14-25(22,2)21(19)12-15-26(20,24)3;1-5-6-7-8-15-27(4,29)24-12-11-22-21-10-9-19-18-20(28)13-16-25(19,2)23(21)14-17-26(22,24)3/h18-24,28-30H,5-17H2,1-4H3;9,20-24,28-29H,5-8,10-18H2,1-4H3/t18-,19?,20?,21?,22+,23-,24-,25+,26-,27-;20-,21?,22?,23?,24-,25-,26-,27-/m00/s1. The van der Waals surface area contributed by atoms with Gasteiger partial charge in [-0.25, -0.2) is 0 Å². The first-order valence-electron chi connectivity index (χ1n) is 26.0. The summed E-state index contributed by atoms with van der Waals surface area (Å²) in [6.45, 7) is 18.8. The Morgan fingerprint density at radius 3 is 1.63 bits per heavy atom. The van der Waals surface area contributed by atoms with Gasteiger partial charge >= 0.3 is 0 Å². The highest BCUT2D eigenvalue weighted by molar-refractivity contribution is 5.26. The summed E-state index contributed by atoms with van der Waals surface area (Å²) in [5.74, 6) is 5.41. The lowest BCUT2D eigenvalue weighted by Crippen LogP contribution is -2.59. The number of hydrogen-bond acceptors (Lipinski definition) is 5. The molecule has 8 rings (SSSR count). The smallest absolute Gasteiger partial charge is 0.0653 e. The molecule has 0 aliphatic heterocycles. The minimum atomic E-state index is -0.557. The van der Waals surface area contributed by atoms with Crippen molar-refractivity contribution in [2.75, 3.05) is 0 Å². The molecule has 6 unspecified atom stereocenters. The van der Waals surface area contributed by atoms with Gasteiger partial charge in [0.1, 0.15) is 0 Å². The van der Waals surface area contributed by atoms with Crippen LogP contribution in [0, 0.1) is 74.9 Å². The second-order valence-corrected chi connectivity index (χ2v) is 24.6. The highest BCUT2D eigenvalue weighted by Crippen LogP contribution is 2.70. The van der Waals surface area contributed by atoms with Crippen LogP contribution >= 0.6 is 0 Å². The monoisotopic (exact) mass is 823 g/mol. The van der Waals surface area contributed by atoms with Gasteiger partial charge < -0.3 is 25.5 Å². The molecule has 0 aromatic rings. The molecule has 0 heterocycles. The number of aliphatic hydroxyl groups excluding tert-OH is 3. The van der Waals surface area contributed by atoms with E-state index in [9.17, 15) is 25.5 Å². The maximum atomic E-state index is 11.6. The molecule has 0 radical (unpaired) electrons. The summed E-state index contributed by atoms with van der Waals surface area (Å²) in [5.41, 5.74) is 1.54. The molecule has 5 nitrogen and oxygen atoms in total. The third-order valence-corrected chi connectivity index (χ3v) is 21.3. The first-order chi connectivity index (χ1) is 27.9. The molecule has 7 saturated carbocycles. The van der Waals surface area contributed by atoms with Crippen LogP contribution in [-0.4, -0.2) is 55.0 Å². The van der Waals surface area contributed by atoms with E-state index in [1.54, 1.807) is 5.57 Å². The average molecular weight is 823 g/mol. The van der Waals surface area contributed by atoms with Crippen molar-refractivity contribution in [2.45, 2.75) is 252 Å². The van der Waals surface area contributed by atoms with E-state index < -0.39 is 11.2 Å². The third-order valence-electron chi connectivity index (χ3n) is 21.3. The zero-order chi connectivity index (χ0) is 42.6. The summed E-state index contributed by atoms with van der Waals surface area (Å²) in [7, 11) is 0. The van der Waals surface area contributed by atoms with Crippen LogP contribution in [0.3, 0.4) is 0 Å². The molecule has 0 bridgehead atoms. The Balaban J connectivity index is 0.000000179. The van der Waals surface area contributed by atoms with Crippen molar-refractivity contribution in [1.82, 2.24) is 0 Å². The molecule has 5 N–H and O–H groups in total. The second-order valence-electron chi connectivity index (χ2n) is 24.6. The molecule has 8 aliphatic rings. The highest BCUT2D eigenvalue weighted by Gasteiger charge is 2.64. The van der Waals surface area contributed by atoms with Gasteiger partial charge in [0.25, 0.3) is 0 Å². The van der Waals surface area contributed by atoms with Crippen molar-refractivity contribution in [1.29, 1.82) is 0 Å². The second kappa shape index (κ2) is 17.8. The van der Waals surface area contributed by atoms with Crippen molar-refractivity contribution in [3.63, 3.8) is 0 Å². The average Bonchev–Trinajstić information content (AvgIpc) is 3.75. The van der Waals surface area contributed by atoms with Gasteiger partial charge in [0.2, 0.25) is 0 Å². The molecule has 7 fully saturated rings. The quantitative estimate of drug-likeness (QED) is 0.0997. The Bertz CT molecular complexity index is 1440. The molecular weight excluding hydrogens is 729 g/mol. The number of allylic oxidation sites excluding steroid dienone is 1. The minimum Gasteiger partial charge on any atom is -0.393 e. The fraction of sp³-hybridized carbons (Fsp3) is 0.963. The van der Waals surface area contributed by atoms with Crippen LogP contribution in [-0.2, 0) is 0 Å². The van der Waals surface area contributed by atoms with Crippen LogP contribution < -0.4 is 0 Å². The van der Waals surface area contributed by atoms with E-state index in [1.165, 1.54) is 103 Å². The summed E-state index contributed by atoms with van der Waals surface area (Å²) in [6.07, 6.45) is 31.7. The molecule has 340 valence electrons. The normalized spacial score (nSPS) is 48.3. The molecule has 0 amide bonds. The number of aliphatic hydroxyl groups is 5. The lowest BCUT2D eigenvalue weighted by molar-refractivity contribution is -0.179. The lowest BCUT2D eigenvalue weighted by atomic mass is 9.43. The van der Waals surface area contributed by atoms with Gasteiger partial charge in [0, 0.05) is 0 Å². The third kappa shape index (κ3) is 8.50. The van der Waals surface area contributed by atoms with Crippen LogP contribution in [0.4, 0.5) is 0 Å². The van der Waals surface area contributed by atoms with Crippen molar-refractivity contribution in [3.05, 3.63) is 11.6 Å². The summed E-state index contributed by atoms with van der Waals surface area (Å²) in [5, 5.41) is 54.7. The Morgan fingerprint density at radius 2 is 1.05 bits per heavy atom. The van der Waals surface area contributed by atoms with E-state index in [1.807, 2.05) is 0 Å². The zero-order valence-electron chi connectivity index (χ0n) is 39.6. The number of rotatable bonds is 12. The van der Waals surface area contributed by atoms with Gasteiger partial charge in [-0.15, -0.1) is 0 Å². The van der Waals surface area contributed by atoms with Gasteiger partial charge in [-0.05, 0) is 204 Å². The molecule has 0 aromatic heterocycles. The highest BCUT2D eigenvalue weighted by atomic mass is 16.3. The number of unbranched alkanes of at least 4 members (excludes halogenated alkanes) is 6. The van der Waals surface area contributed by atoms with Crippen LogP contribution in [0.25, 0.3) is 0 Å². The first-order valence-corrected chi connectivity index (χ1v) is 26.0. The summed E-state index contributed by atoms with van der Waals surface area (Å²) in [6, 6.07) is 0. The maximum Gasteiger partial charge on any atom is 0.0653 e. The van der Waals surface area contributed by atoms with Gasteiger partial charge in [-0.2, -0.15) is 0 Å². The van der Waals surface area contributed by atoms with E-state index in [0.29, 0.717) is 40.4 Å². The molecule has 0 spiro atoms. The van der Waals surface area contributed by atoms with E-state index in [0.717, 1.165) is 82.0 Å². The molecule has 8 aliphatic carbocycles. The molecule has 18 atom stereocenters. The van der Waals surface area contributed by atoms with Crippen molar-refractivity contribution < 1.29 is 25.5 Å². The molecule has 0 aromatic carbocycles. The Kier molecular flexibility index (Phi) is 14.1. The zero-order valence-corrected chi connectivity index (χ0v) is 39.6. The van der Waals surface area contributed by atoms with Crippen molar-refractivity contribution >= 4 is 0 Å². The number of hydrogen-bond donors (Lipinski definition) is 5. The maximum absolute atomic E-state index is 11.6. The fourth-order valence-corrected chi connectivity index (χ4v) is 18.1. The van der Waals surface area contributed by atoms with Gasteiger partial charge in [0.05, 0.1) is 29.5 Å². The number of fused-ring (bicyclic) bond motifs is 10. The van der Waals surface area contributed by atoms with Crippen LogP contribution in [0.1, 0.15) is 222 Å². The Labute approximate surface area is 362 Å². The van der Waals surface area contributed by atoms with E-state index >= 15 is 0 Å². The van der Waals surface area contributed by atoms with Gasteiger partial charge in [-0.3, -0.25) is 0 Å². The minimum absolute atomic E-state index is 0.113. The summed E-state index contributed by atoms with van der Waals surface area (Å²) >= 11 is 0. The summed E-state index contributed by atoms with van der Waals surface area (Å²) in [4.78, 5) is 0. The van der Waals surface area contributed by atoms with Crippen molar-refractivity contribution in [3.8, 4) is 0 Å². The van der Waals surface area contributed by atoms with Crippen LogP contribution in [0.2, 0.25) is 0 Å². The summed E-state index contributed by atoms with van der Waals surface area (Å²) < 4.78 is 0. The van der Waals surface area contributed by atoms with E-state index in [-0.39, 0.29) is 35.1 Å². The largest absolute Gasteiger partial charge is 0.393 e. The fourth-order valence-electron chi connectivity index (χ4n) is 18.1. The van der Waals surface area contributed by atoms with Gasteiger partial charge in [-0.1, -0.05) is 105 Å². The predicted octanol–water partition coefficient (Wildman–Crippen LogP) is 12.3. The van der Waals surface area contributed by atoms with Crippen LogP contribution in [0.5, 0.6) is 0 Å². The van der Waals surface area contributed by atoms with E-state index in [2.05, 4.69) is 61.5 Å². The Hall–Kier alpha value is -0.460. The topological polar surface area (TPSA) is 101 Å². The van der Waals surface area contributed by atoms with Crippen LogP contribution in [0.15, 0.2) is 11.6 Å². The first kappa shape index (κ1) is 46.5. The molecule has 0 saturated heterocycles. The Morgan fingerprint density at radius 1 is 0.542 bits per heavy atom. The predicted molar refractivity (Wildman–Crippen MR) is 243 cm³/mol. The SMILES string of the molecule is CCCCCC[C@](C)(O)[C@H]1CCC2C3CC=C4C[C@@H](O)CC[C@]4(C)C3CC[C@@]21C.CCCCCC[C@](C)(O)[C@H]1CCC2C3C[C@H](O)[C@H]4C[C@@H](O)CC[C@]4(C)C3CC[C@@]21C.